The van der Waals surface area contributed by atoms with Crippen LogP contribution in [0.3, 0.4) is 0 Å². The van der Waals surface area contributed by atoms with Gasteiger partial charge in [0.05, 0.1) is 0 Å². The topological polar surface area (TPSA) is 0 Å². The van der Waals surface area contributed by atoms with Gasteiger partial charge in [0.2, 0.25) is 0 Å². The molecule has 2 atom stereocenters. The largest absolute Gasteiger partial charge is 0.0880 e. The molecular weight excluding hydrogens is 84.1 g/mol. The van der Waals surface area contributed by atoms with Gasteiger partial charge in [-0.05, 0) is 31.1 Å². The lowest BCUT2D eigenvalue weighted by atomic mass is 9.76. The van der Waals surface area contributed by atoms with Crippen LogP contribution in [0.25, 0.3) is 0 Å². The van der Waals surface area contributed by atoms with Crippen molar-refractivity contribution in [2.24, 2.45) is 11.8 Å². The van der Waals surface area contributed by atoms with Gasteiger partial charge in [0.15, 0.2) is 0 Å². The molecule has 2 aliphatic rings. The minimum atomic E-state index is 1.01. The number of fused-ring (bicyclic) bond motifs is 1. The molecule has 0 radical (unpaired) electrons. The molecule has 0 saturated heterocycles. The minimum absolute atomic E-state index is 1.01. The second kappa shape index (κ2) is 1.12. The third-order valence-corrected chi connectivity index (χ3v) is 2.30. The Morgan fingerprint density at radius 3 is 2.57 bits per heavy atom. The number of hydrogen-bond acceptors (Lipinski definition) is 0. The zero-order valence-electron chi connectivity index (χ0n) is 4.43. The van der Waals surface area contributed by atoms with Crippen LogP contribution in [0.15, 0.2) is 12.2 Å². The lowest BCUT2D eigenvalue weighted by molar-refractivity contribution is 0.249. The summed E-state index contributed by atoms with van der Waals surface area (Å²) in [5, 5.41) is 0. The normalized spacial score (nSPS) is 45.7. The molecule has 0 nitrogen and oxygen atoms in total. The predicted octanol–water partition coefficient (Wildman–Crippen LogP) is 1.97. The van der Waals surface area contributed by atoms with Gasteiger partial charge in [-0.2, -0.15) is 0 Å². The average molecular weight is 94.2 g/mol. The molecule has 1 fully saturated rings. The fourth-order valence-electron chi connectivity index (χ4n) is 1.57. The summed E-state index contributed by atoms with van der Waals surface area (Å²) >= 11 is 0. The first-order chi connectivity index (χ1) is 3.47. The predicted molar refractivity (Wildman–Crippen MR) is 30.0 cm³/mol. The van der Waals surface area contributed by atoms with Crippen LogP contribution in [0, 0.1) is 11.8 Å². The van der Waals surface area contributed by atoms with E-state index in [1.54, 1.807) is 0 Å². The molecule has 0 bridgehead atoms. The lowest BCUT2D eigenvalue weighted by Crippen LogP contribution is -2.18. The first-order valence-corrected chi connectivity index (χ1v) is 3.13. The quantitative estimate of drug-likeness (QED) is 0.402. The van der Waals surface area contributed by atoms with Crippen LogP contribution in [-0.4, -0.2) is 0 Å². The van der Waals surface area contributed by atoms with E-state index in [-0.39, 0.29) is 0 Å². The smallest absolute Gasteiger partial charge is 0.0202 e. The first-order valence-electron chi connectivity index (χ1n) is 3.13. The summed E-state index contributed by atoms with van der Waals surface area (Å²) in [6.45, 7) is 0. The second-order valence-electron chi connectivity index (χ2n) is 2.67. The fraction of sp³-hybridized carbons (Fsp3) is 0.714. The molecule has 0 aromatic carbocycles. The molecule has 0 unspecified atom stereocenters. The zero-order valence-corrected chi connectivity index (χ0v) is 4.43. The Labute approximate surface area is 44.2 Å². The zero-order chi connectivity index (χ0) is 4.69. The Balaban J connectivity index is 2.14. The maximum atomic E-state index is 2.38. The summed E-state index contributed by atoms with van der Waals surface area (Å²) in [6, 6.07) is 0. The highest BCUT2D eigenvalue weighted by atomic mass is 14.3. The Morgan fingerprint density at radius 2 is 2.29 bits per heavy atom. The molecule has 7 heavy (non-hydrogen) atoms. The number of hydrogen-bond donors (Lipinski definition) is 0. The summed E-state index contributed by atoms with van der Waals surface area (Å²) in [7, 11) is 0. The maximum absolute atomic E-state index is 2.38. The van der Waals surface area contributed by atoms with E-state index in [2.05, 4.69) is 12.2 Å². The van der Waals surface area contributed by atoms with Crippen molar-refractivity contribution in [1.29, 1.82) is 0 Å². The molecule has 0 heteroatoms. The molecule has 1 saturated carbocycles. The van der Waals surface area contributed by atoms with E-state index in [9.17, 15) is 0 Å². The van der Waals surface area contributed by atoms with Crippen LogP contribution in [0.4, 0.5) is 0 Å². The Kier molecular flexibility index (Phi) is 0.592. The van der Waals surface area contributed by atoms with E-state index in [0.29, 0.717) is 0 Å². The average Bonchev–Trinajstić information content (AvgIpc) is 1.85. The summed E-state index contributed by atoms with van der Waals surface area (Å²) in [5.41, 5.74) is 0. The van der Waals surface area contributed by atoms with Crippen LogP contribution < -0.4 is 0 Å². The van der Waals surface area contributed by atoms with Crippen molar-refractivity contribution in [2.75, 3.05) is 0 Å². The van der Waals surface area contributed by atoms with Gasteiger partial charge in [0, 0.05) is 0 Å². The third-order valence-electron chi connectivity index (χ3n) is 2.30. The van der Waals surface area contributed by atoms with E-state index in [1.165, 1.54) is 19.3 Å². The minimum Gasteiger partial charge on any atom is -0.0880 e. The Bertz CT molecular complexity index is 103. The van der Waals surface area contributed by atoms with E-state index in [4.69, 9.17) is 0 Å². The highest BCUT2D eigenvalue weighted by molar-refractivity contribution is 5.05. The van der Waals surface area contributed by atoms with Gasteiger partial charge in [-0.3, -0.25) is 0 Å². The second-order valence-corrected chi connectivity index (χ2v) is 2.67. The van der Waals surface area contributed by atoms with Crippen LogP contribution >= 0.6 is 0 Å². The Morgan fingerprint density at radius 1 is 1.29 bits per heavy atom. The van der Waals surface area contributed by atoms with Crippen molar-refractivity contribution in [1.82, 2.24) is 0 Å². The summed E-state index contributed by atoms with van der Waals surface area (Å²) < 4.78 is 0. The van der Waals surface area contributed by atoms with Crippen molar-refractivity contribution >= 4 is 0 Å². The third kappa shape index (κ3) is 0.370. The van der Waals surface area contributed by atoms with Crippen LogP contribution in [0.2, 0.25) is 0 Å². The van der Waals surface area contributed by atoms with E-state index in [0.717, 1.165) is 11.8 Å². The van der Waals surface area contributed by atoms with Crippen LogP contribution in [0.5, 0.6) is 0 Å². The van der Waals surface area contributed by atoms with Crippen molar-refractivity contribution in [2.45, 2.75) is 19.3 Å². The molecule has 0 aliphatic heterocycles. The van der Waals surface area contributed by atoms with Gasteiger partial charge in [-0.25, -0.2) is 0 Å². The van der Waals surface area contributed by atoms with Gasteiger partial charge in [0.25, 0.3) is 0 Å². The SMILES string of the molecule is C1=C[C@@H]2CC[C@H]2C1. The maximum Gasteiger partial charge on any atom is -0.0202 e. The van der Waals surface area contributed by atoms with Gasteiger partial charge in [-0.15, -0.1) is 0 Å². The van der Waals surface area contributed by atoms with Gasteiger partial charge in [0.1, 0.15) is 0 Å². The molecular formula is C7H10. The van der Waals surface area contributed by atoms with Crippen molar-refractivity contribution in [3.63, 3.8) is 0 Å². The summed E-state index contributed by atoms with van der Waals surface area (Å²) in [5.74, 6) is 2.10. The standard InChI is InChI=1S/C7H10/c1-2-6-4-5-7(6)3-1/h1-2,6-7H,3-5H2/t6-,7-/m1/s1. The first kappa shape index (κ1) is 3.71. The Hall–Kier alpha value is -0.260. The molecule has 0 spiro atoms. The van der Waals surface area contributed by atoms with Crippen molar-refractivity contribution in [3.05, 3.63) is 12.2 Å². The fourth-order valence-corrected chi connectivity index (χ4v) is 1.57. The van der Waals surface area contributed by atoms with Gasteiger partial charge >= 0.3 is 0 Å². The molecule has 0 amide bonds. The van der Waals surface area contributed by atoms with Crippen molar-refractivity contribution in [3.8, 4) is 0 Å². The monoisotopic (exact) mass is 94.1 g/mol. The lowest BCUT2D eigenvalue weighted by Gasteiger charge is -2.29. The summed E-state index contributed by atoms with van der Waals surface area (Å²) in [4.78, 5) is 0. The van der Waals surface area contributed by atoms with Gasteiger partial charge < -0.3 is 0 Å². The van der Waals surface area contributed by atoms with Crippen LogP contribution in [-0.2, 0) is 0 Å². The highest BCUT2D eigenvalue weighted by Gasteiger charge is 2.30. The molecule has 38 valence electrons. The van der Waals surface area contributed by atoms with E-state index in [1.807, 2.05) is 0 Å². The van der Waals surface area contributed by atoms with Crippen molar-refractivity contribution < 1.29 is 0 Å². The summed E-state index contributed by atoms with van der Waals surface area (Å²) in [6.07, 6.45) is 9.07. The number of allylic oxidation sites excluding steroid dienone is 2. The molecule has 0 aromatic rings. The van der Waals surface area contributed by atoms with E-state index < -0.39 is 0 Å². The molecule has 0 heterocycles. The van der Waals surface area contributed by atoms with Crippen LogP contribution in [0.1, 0.15) is 19.3 Å². The highest BCUT2D eigenvalue weighted by Crippen LogP contribution is 2.41. The molecule has 0 aromatic heterocycles. The van der Waals surface area contributed by atoms with E-state index >= 15 is 0 Å². The number of rotatable bonds is 0. The van der Waals surface area contributed by atoms with Gasteiger partial charge in [-0.1, -0.05) is 12.2 Å². The molecule has 2 aliphatic carbocycles. The molecule has 0 N–H and O–H groups in total. The molecule has 2 rings (SSSR count).